The Kier molecular flexibility index (Phi) is 3.51. The van der Waals surface area contributed by atoms with Crippen LogP contribution in [0.5, 0.6) is 0 Å². The van der Waals surface area contributed by atoms with E-state index in [0.29, 0.717) is 4.99 Å². The first kappa shape index (κ1) is 11.5. The van der Waals surface area contributed by atoms with Crippen molar-refractivity contribution >= 4 is 17.2 Å². The summed E-state index contributed by atoms with van der Waals surface area (Å²) in [7, 11) is 2.13. The third kappa shape index (κ3) is 3.00. The third-order valence-corrected chi connectivity index (χ3v) is 3.03. The highest BCUT2D eigenvalue weighted by Gasteiger charge is 2.23. The molecule has 0 atom stereocenters. The van der Waals surface area contributed by atoms with E-state index in [1.165, 1.54) is 12.8 Å². The average molecular weight is 235 g/mol. The molecule has 1 aromatic rings. The highest BCUT2D eigenvalue weighted by atomic mass is 32.1. The number of hydrogen-bond acceptors (Lipinski definition) is 3. The standard InChI is InChI=1S/C12H17N3S/c1-15(7-9-4-5-9)8-10-3-2-6-14-11(10)12(13)16/h2-3,6,9H,4-5,7-8H2,1H3,(H2,13,16). The van der Waals surface area contributed by atoms with Gasteiger partial charge in [-0.05, 0) is 37.4 Å². The minimum atomic E-state index is 0.385. The van der Waals surface area contributed by atoms with Gasteiger partial charge < -0.3 is 10.6 Å². The van der Waals surface area contributed by atoms with Gasteiger partial charge in [-0.25, -0.2) is 0 Å². The van der Waals surface area contributed by atoms with E-state index in [9.17, 15) is 0 Å². The second kappa shape index (κ2) is 4.89. The van der Waals surface area contributed by atoms with Gasteiger partial charge in [-0.2, -0.15) is 0 Å². The predicted molar refractivity (Wildman–Crippen MR) is 69.2 cm³/mol. The van der Waals surface area contributed by atoms with Crippen LogP contribution in [0.15, 0.2) is 18.3 Å². The van der Waals surface area contributed by atoms with Crippen LogP contribution in [0.1, 0.15) is 24.1 Å². The number of aromatic nitrogens is 1. The lowest BCUT2D eigenvalue weighted by Gasteiger charge is -2.17. The van der Waals surface area contributed by atoms with Gasteiger partial charge in [0.1, 0.15) is 10.7 Å². The summed E-state index contributed by atoms with van der Waals surface area (Å²) in [4.78, 5) is 6.93. The number of thiocarbonyl (C=S) groups is 1. The number of nitrogens with two attached hydrogens (primary N) is 1. The second-order valence-corrected chi connectivity index (χ2v) is 4.96. The molecule has 0 amide bonds. The molecule has 1 aromatic heterocycles. The molecule has 0 unspecified atom stereocenters. The number of nitrogens with zero attached hydrogens (tertiary/aromatic N) is 2. The van der Waals surface area contributed by atoms with Gasteiger partial charge in [0.05, 0.1) is 0 Å². The topological polar surface area (TPSA) is 42.2 Å². The number of pyridine rings is 1. The molecule has 2 rings (SSSR count). The SMILES string of the molecule is CN(Cc1cccnc1C(N)=S)CC1CC1. The molecule has 86 valence electrons. The van der Waals surface area contributed by atoms with Crippen molar-refractivity contribution in [3.8, 4) is 0 Å². The van der Waals surface area contributed by atoms with Gasteiger partial charge in [0.15, 0.2) is 0 Å². The predicted octanol–water partition coefficient (Wildman–Crippen LogP) is 1.56. The Balaban J connectivity index is 2.04. The van der Waals surface area contributed by atoms with Gasteiger partial charge in [-0.15, -0.1) is 0 Å². The maximum atomic E-state index is 5.65. The van der Waals surface area contributed by atoms with E-state index in [2.05, 4.69) is 16.9 Å². The molecule has 16 heavy (non-hydrogen) atoms. The highest BCUT2D eigenvalue weighted by molar-refractivity contribution is 7.80. The van der Waals surface area contributed by atoms with Gasteiger partial charge >= 0.3 is 0 Å². The van der Waals surface area contributed by atoms with E-state index in [1.807, 2.05) is 12.1 Å². The van der Waals surface area contributed by atoms with Crippen LogP contribution in [-0.2, 0) is 6.54 Å². The van der Waals surface area contributed by atoms with Crippen molar-refractivity contribution < 1.29 is 0 Å². The van der Waals surface area contributed by atoms with Crippen LogP contribution in [-0.4, -0.2) is 28.5 Å². The van der Waals surface area contributed by atoms with Gasteiger partial charge in [-0.3, -0.25) is 4.98 Å². The monoisotopic (exact) mass is 235 g/mol. The van der Waals surface area contributed by atoms with Crippen molar-refractivity contribution in [3.05, 3.63) is 29.6 Å². The molecule has 0 radical (unpaired) electrons. The van der Waals surface area contributed by atoms with Crippen molar-refractivity contribution in [2.24, 2.45) is 11.7 Å². The van der Waals surface area contributed by atoms with Crippen LogP contribution in [0, 0.1) is 5.92 Å². The summed E-state index contributed by atoms with van der Waals surface area (Å²) in [6.07, 6.45) is 4.48. The Hall–Kier alpha value is -1.00. The van der Waals surface area contributed by atoms with Gasteiger partial charge in [0.2, 0.25) is 0 Å². The molecule has 1 fully saturated rings. The fourth-order valence-corrected chi connectivity index (χ4v) is 2.07. The zero-order chi connectivity index (χ0) is 11.5. The Morgan fingerprint density at radius 3 is 3.00 bits per heavy atom. The largest absolute Gasteiger partial charge is 0.388 e. The molecule has 0 spiro atoms. The smallest absolute Gasteiger partial charge is 0.123 e. The minimum Gasteiger partial charge on any atom is -0.388 e. The first-order valence-electron chi connectivity index (χ1n) is 5.59. The Morgan fingerprint density at radius 1 is 1.62 bits per heavy atom. The van der Waals surface area contributed by atoms with E-state index in [1.54, 1.807) is 6.20 Å². The average Bonchev–Trinajstić information content (AvgIpc) is 3.02. The van der Waals surface area contributed by atoms with Crippen LogP contribution in [0.4, 0.5) is 0 Å². The zero-order valence-electron chi connectivity index (χ0n) is 9.52. The zero-order valence-corrected chi connectivity index (χ0v) is 10.3. The van der Waals surface area contributed by atoms with Crippen molar-refractivity contribution in [3.63, 3.8) is 0 Å². The fraction of sp³-hybridized carbons (Fsp3) is 0.500. The lowest BCUT2D eigenvalue weighted by atomic mass is 10.2. The molecule has 3 nitrogen and oxygen atoms in total. The molecule has 1 heterocycles. The Labute approximate surface area is 102 Å². The first-order chi connectivity index (χ1) is 7.66. The quantitative estimate of drug-likeness (QED) is 0.786. The minimum absolute atomic E-state index is 0.385. The van der Waals surface area contributed by atoms with E-state index in [0.717, 1.165) is 30.3 Å². The molecular weight excluding hydrogens is 218 g/mol. The van der Waals surface area contributed by atoms with Gasteiger partial charge in [0, 0.05) is 19.3 Å². The molecular formula is C12H17N3S. The van der Waals surface area contributed by atoms with E-state index in [-0.39, 0.29) is 0 Å². The summed E-state index contributed by atoms with van der Waals surface area (Å²) in [5, 5.41) is 0. The maximum absolute atomic E-state index is 5.65. The first-order valence-corrected chi connectivity index (χ1v) is 6.00. The molecule has 1 aliphatic carbocycles. The maximum Gasteiger partial charge on any atom is 0.123 e. The van der Waals surface area contributed by atoms with Crippen LogP contribution in [0.3, 0.4) is 0 Å². The number of rotatable bonds is 5. The lowest BCUT2D eigenvalue weighted by molar-refractivity contribution is 0.312. The van der Waals surface area contributed by atoms with Crippen molar-refractivity contribution in [2.75, 3.05) is 13.6 Å². The van der Waals surface area contributed by atoms with Gasteiger partial charge in [0.25, 0.3) is 0 Å². The molecule has 0 bridgehead atoms. The fourth-order valence-electron chi connectivity index (χ4n) is 1.88. The Morgan fingerprint density at radius 2 is 2.38 bits per heavy atom. The van der Waals surface area contributed by atoms with Crippen LogP contribution < -0.4 is 5.73 Å². The summed E-state index contributed by atoms with van der Waals surface area (Å²) in [5.74, 6) is 0.898. The van der Waals surface area contributed by atoms with Crippen molar-refractivity contribution in [2.45, 2.75) is 19.4 Å². The molecule has 1 saturated carbocycles. The second-order valence-electron chi connectivity index (χ2n) is 4.52. The lowest BCUT2D eigenvalue weighted by Crippen LogP contribution is -2.23. The van der Waals surface area contributed by atoms with Crippen LogP contribution >= 0.6 is 12.2 Å². The summed E-state index contributed by atoms with van der Waals surface area (Å²) < 4.78 is 0. The molecule has 0 saturated heterocycles. The molecule has 4 heteroatoms. The van der Waals surface area contributed by atoms with Gasteiger partial charge in [-0.1, -0.05) is 18.3 Å². The summed E-state index contributed by atoms with van der Waals surface area (Å²) in [5.41, 5.74) is 7.54. The van der Waals surface area contributed by atoms with E-state index in [4.69, 9.17) is 18.0 Å². The summed E-state index contributed by atoms with van der Waals surface area (Å²) in [6, 6.07) is 3.98. The normalized spacial score (nSPS) is 15.4. The summed E-state index contributed by atoms with van der Waals surface area (Å²) >= 11 is 5.00. The van der Waals surface area contributed by atoms with Crippen molar-refractivity contribution in [1.29, 1.82) is 0 Å². The summed E-state index contributed by atoms with van der Waals surface area (Å²) in [6.45, 7) is 2.03. The Bertz CT molecular complexity index is 388. The number of hydrogen-bond donors (Lipinski definition) is 1. The van der Waals surface area contributed by atoms with Crippen LogP contribution in [0.2, 0.25) is 0 Å². The molecule has 0 aromatic carbocycles. The molecule has 0 aliphatic heterocycles. The molecule has 1 aliphatic rings. The third-order valence-electron chi connectivity index (χ3n) is 2.83. The van der Waals surface area contributed by atoms with E-state index < -0.39 is 0 Å². The van der Waals surface area contributed by atoms with E-state index >= 15 is 0 Å². The molecule has 2 N–H and O–H groups in total. The highest BCUT2D eigenvalue weighted by Crippen LogP contribution is 2.29. The van der Waals surface area contributed by atoms with Crippen LogP contribution in [0.25, 0.3) is 0 Å². The van der Waals surface area contributed by atoms with Crippen molar-refractivity contribution in [1.82, 2.24) is 9.88 Å².